The zero-order valence-electron chi connectivity index (χ0n) is 17.6. The van der Waals surface area contributed by atoms with Gasteiger partial charge in [-0.05, 0) is 38.2 Å². The van der Waals surface area contributed by atoms with E-state index >= 15 is 0 Å². The molecular weight excluding hydrogens is 364 g/mol. The molecule has 0 spiro atoms. The molecule has 29 heavy (non-hydrogen) atoms. The van der Waals surface area contributed by atoms with Gasteiger partial charge in [-0.1, -0.05) is 6.92 Å². The molecule has 0 N–H and O–H groups in total. The van der Waals surface area contributed by atoms with Gasteiger partial charge in [-0.25, -0.2) is 19.9 Å². The minimum Gasteiger partial charge on any atom is -0.380 e. The molecule has 0 aliphatic carbocycles. The number of nitrogens with zero attached hydrogens (tertiary/aromatic N) is 6. The second kappa shape index (κ2) is 9.59. The number of aromatic nitrogens is 4. The van der Waals surface area contributed by atoms with Gasteiger partial charge in [0, 0.05) is 68.5 Å². The number of hydrogen-bond donors (Lipinski definition) is 0. The minimum absolute atomic E-state index is 0.433. The van der Waals surface area contributed by atoms with E-state index in [4.69, 9.17) is 4.74 Å². The molecule has 0 bridgehead atoms. The summed E-state index contributed by atoms with van der Waals surface area (Å²) in [5.74, 6) is 2.95. The smallest absolute Gasteiger partial charge is 0.225 e. The van der Waals surface area contributed by atoms with Crippen molar-refractivity contribution >= 4 is 5.95 Å². The normalized spacial score (nSPS) is 21.9. The molecule has 1 unspecified atom stereocenters. The molecule has 4 rings (SSSR count). The third-order valence-electron chi connectivity index (χ3n) is 5.92. The molecule has 4 heterocycles. The highest BCUT2D eigenvalue weighted by Crippen LogP contribution is 2.20. The summed E-state index contributed by atoms with van der Waals surface area (Å²) < 4.78 is 5.86. The van der Waals surface area contributed by atoms with Crippen LogP contribution in [-0.2, 0) is 17.7 Å². The summed E-state index contributed by atoms with van der Waals surface area (Å²) in [7, 11) is 0. The third kappa shape index (κ3) is 5.70. The molecule has 0 aromatic carbocycles. The lowest BCUT2D eigenvalue weighted by molar-refractivity contribution is 0.121. The first-order chi connectivity index (χ1) is 14.2. The van der Waals surface area contributed by atoms with Crippen LogP contribution in [0, 0.1) is 18.8 Å². The fourth-order valence-electron chi connectivity index (χ4n) is 4.19. The van der Waals surface area contributed by atoms with Crippen molar-refractivity contribution in [2.45, 2.75) is 39.7 Å². The Balaban J connectivity index is 1.34. The van der Waals surface area contributed by atoms with Gasteiger partial charge in [-0.15, -0.1) is 0 Å². The van der Waals surface area contributed by atoms with Gasteiger partial charge in [0.2, 0.25) is 5.95 Å². The second-order valence-electron chi connectivity index (χ2n) is 8.54. The monoisotopic (exact) mass is 396 g/mol. The SMILES string of the molecule is Cc1nccc(CC2COCCN(Cc3cnc(N4CCC(C)CC4)nc3)C2)n1. The fraction of sp³-hybridized carbons (Fsp3) is 0.636. The van der Waals surface area contributed by atoms with Crippen LogP contribution in [0.25, 0.3) is 0 Å². The van der Waals surface area contributed by atoms with Crippen LogP contribution in [-0.4, -0.2) is 64.2 Å². The van der Waals surface area contributed by atoms with Crippen LogP contribution in [0.2, 0.25) is 0 Å². The number of rotatable bonds is 5. The molecule has 2 saturated heterocycles. The molecule has 2 aliphatic heterocycles. The Kier molecular flexibility index (Phi) is 6.67. The van der Waals surface area contributed by atoms with Crippen LogP contribution in [0.1, 0.15) is 36.8 Å². The van der Waals surface area contributed by atoms with Crippen LogP contribution in [0.5, 0.6) is 0 Å². The Bertz CT molecular complexity index is 775. The highest BCUT2D eigenvalue weighted by molar-refractivity contribution is 5.30. The maximum Gasteiger partial charge on any atom is 0.225 e. The zero-order valence-corrected chi connectivity index (χ0v) is 17.6. The summed E-state index contributed by atoms with van der Waals surface area (Å²) in [4.78, 5) is 22.8. The van der Waals surface area contributed by atoms with Gasteiger partial charge >= 0.3 is 0 Å². The second-order valence-corrected chi connectivity index (χ2v) is 8.54. The van der Waals surface area contributed by atoms with Crippen molar-refractivity contribution in [1.29, 1.82) is 0 Å². The van der Waals surface area contributed by atoms with Crippen LogP contribution in [0.3, 0.4) is 0 Å². The first-order valence-corrected chi connectivity index (χ1v) is 10.8. The molecule has 2 aromatic rings. The lowest BCUT2D eigenvalue weighted by Crippen LogP contribution is -2.34. The number of piperidine rings is 1. The number of aryl methyl sites for hydroxylation is 1. The quantitative estimate of drug-likeness (QED) is 0.769. The zero-order chi connectivity index (χ0) is 20.1. The number of hydrogen-bond acceptors (Lipinski definition) is 7. The Morgan fingerprint density at radius 1 is 1.10 bits per heavy atom. The highest BCUT2D eigenvalue weighted by atomic mass is 16.5. The van der Waals surface area contributed by atoms with E-state index in [1.165, 1.54) is 12.8 Å². The fourth-order valence-corrected chi connectivity index (χ4v) is 4.19. The summed E-state index contributed by atoms with van der Waals surface area (Å²) in [6, 6.07) is 2.01. The molecule has 156 valence electrons. The Morgan fingerprint density at radius 2 is 1.90 bits per heavy atom. The van der Waals surface area contributed by atoms with Crippen molar-refractivity contribution in [3.8, 4) is 0 Å². The van der Waals surface area contributed by atoms with Crippen molar-refractivity contribution in [1.82, 2.24) is 24.8 Å². The van der Waals surface area contributed by atoms with E-state index in [1.54, 1.807) is 0 Å². The predicted molar refractivity (Wildman–Crippen MR) is 113 cm³/mol. The summed E-state index contributed by atoms with van der Waals surface area (Å²) in [6.45, 7) is 10.7. The van der Waals surface area contributed by atoms with E-state index in [1.807, 2.05) is 31.6 Å². The maximum absolute atomic E-state index is 5.86. The summed E-state index contributed by atoms with van der Waals surface area (Å²) in [5, 5.41) is 0. The Morgan fingerprint density at radius 3 is 2.66 bits per heavy atom. The molecule has 2 aliphatic rings. The third-order valence-corrected chi connectivity index (χ3v) is 5.92. The molecule has 7 nitrogen and oxygen atoms in total. The predicted octanol–water partition coefficient (Wildman–Crippen LogP) is 2.50. The molecule has 0 radical (unpaired) electrons. The van der Waals surface area contributed by atoms with Crippen molar-refractivity contribution in [3.63, 3.8) is 0 Å². The van der Waals surface area contributed by atoms with E-state index in [2.05, 4.69) is 36.7 Å². The summed E-state index contributed by atoms with van der Waals surface area (Å²) >= 11 is 0. The van der Waals surface area contributed by atoms with Crippen molar-refractivity contribution in [2.75, 3.05) is 44.3 Å². The summed E-state index contributed by atoms with van der Waals surface area (Å²) in [5.41, 5.74) is 2.26. The van der Waals surface area contributed by atoms with Gasteiger partial charge in [0.05, 0.1) is 13.2 Å². The van der Waals surface area contributed by atoms with Crippen molar-refractivity contribution in [2.24, 2.45) is 11.8 Å². The van der Waals surface area contributed by atoms with E-state index in [0.717, 1.165) is 81.3 Å². The highest BCUT2D eigenvalue weighted by Gasteiger charge is 2.21. The summed E-state index contributed by atoms with van der Waals surface area (Å²) in [6.07, 6.45) is 9.21. The van der Waals surface area contributed by atoms with Gasteiger partial charge < -0.3 is 9.64 Å². The first kappa shape index (κ1) is 20.2. The van der Waals surface area contributed by atoms with Gasteiger partial charge in [0.15, 0.2) is 0 Å². The number of ether oxygens (including phenoxy) is 1. The van der Waals surface area contributed by atoms with E-state index in [9.17, 15) is 0 Å². The van der Waals surface area contributed by atoms with Gasteiger partial charge in [0.1, 0.15) is 5.82 Å². The van der Waals surface area contributed by atoms with E-state index in [0.29, 0.717) is 5.92 Å². The molecule has 0 amide bonds. The largest absolute Gasteiger partial charge is 0.380 e. The molecule has 1 atom stereocenters. The lowest BCUT2D eigenvalue weighted by Gasteiger charge is -2.30. The van der Waals surface area contributed by atoms with Crippen LogP contribution in [0.4, 0.5) is 5.95 Å². The van der Waals surface area contributed by atoms with Crippen molar-refractivity contribution < 1.29 is 4.74 Å². The first-order valence-electron chi connectivity index (χ1n) is 10.8. The lowest BCUT2D eigenvalue weighted by atomic mass is 10.00. The minimum atomic E-state index is 0.433. The van der Waals surface area contributed by atoms with Crippen LogP contribution >= 0.6 is 0 Å². The van der Waals surface area contributed by atoms with Crippen LogP contribution < -0.4 is 4.90 Å². The number of anilines is 1. The Labute approximate surface area is 173 Å². The molecule has 2 fully saturated rings. The average molecular weight is 397 g/mol. The van der Waals surface area contributed by atoms with Gasteiger partial charge in [-0.2, -0.15) is 0 Å². The van der Waals surface area contributed by atoms with Gasteiger partial charge in [-0.3, -0.25) is 4.90 Å². The molecule has 0 saturated carbocycles. The molecule has 7 heteroatoms. The molecular formula is C22H32N6O. The molecule has 2 aromatic heterocycles. The average Bonchev–Trinajstić information content (AvgIpc) is 2.94. The van der Waals surface area contributed by atoms with Crippen molar-refractivity contribution in [3.05, 3.63) is 41.7 Å². The van der Waals surface area contributed by atoms with E-state index < -0.39 is 0 Å². The van der Waals surface area contributed by atoms with E-state index in [-0.39, 0.29) is 0 Å². The topological polar surface area (TPSA) is 67.3 Å². The van der Waals surface area contributed by atoms with Crippen LogP contribution in [0.15, 0.2) is 24.7 Å². The standard InChI is InChI=1S/C22H32N6O/c1-17-4-7-28(8-5-17)22-24-12-20(13-25-22)15-27-9-10-29-16-19(14-27)11-21-3-6-23-18(2)26-21/h3,6,12-13,17,19H,4-5,7-11,14-16H2,1-2H3. The maximum atomic E-state index is 5.86. The van der Waals surface area contributed by atoms with Gasteiger partial charge in [0.25, 0.3) is 0 Å². The Hall–Kier alpha value is -2.12.